The van der Waals surface area contributed by atoms with E-state index in [1.54, 1.807) is 6.07 Å². The van der Waals surface area contributed by atoms with Crippen molar-refractivity contribution in [2.45, 2.75) is 25.8 Å². The second-order valence-electron chi connectivity index (χ2n) is 7.29. The fourth-order valence-corrected chi connectivity index (χ4v) is 4.09. The summed E-state index contributed by atoms with van der Waals surface area (Å²) >= 11 is 6.22. The molecule has 6 nitrogen and oxygen atoms in total. The molecule has 1 amide bonds. The molecular weight excluding hydrogens is 410 g/mol. The van der Waals surface area contributed by atoms with Crippen LogP contribution in [-0.4, -0.2) is 40.7 Å². The van der Waals surface area contributed by atoms with Gasteiger partial charge in [-0.15, -0.1) is 0 Å². The Morgan fingerprint density at radius 1 is 1.10 bits per heavy atom. The first-order chi connectivity index (χ1) is 13.8. The average Bonchev–Trinajstić information content (AvgIpc) is 2.71. The van der Waals surface area contributed by atoms with Crippen molar-refractivity contribution in [1.29, 1.82) is 0 Å². The predicted molar refractivity (Wildman–Crippen MR) is 118 cm³/mol. The minimum Gasteiger partial charge on any atom is -0.372 e. The molecule has 0 bridgehead atoms. The van der Waals surface area contributed by atoms with Crippen molar-refractivity contribution in [3.8, 4) is 0 Å². The van der Waals surface area contributed by atoms with Gasteiger partial charge in [-0.05, 0) is 55.2 Å². The lowest BCUT2D eigenvalue weighted by molar-refractivity contribution is 0.0951. The van der Waals surface area contributed by atoms with Crippen molar-refractivity contribution in [1.82, 2.24) is 5.32 Å². The molecule has 0 saturated carbocycles. The van der Waals surface area contributed by atoms with E-state index < -0.39 is 10.0 Å². The van der Waals surface area contributed by atoms with Crippen molar-refractivity contribution < 1.29 is 13.2 Å². The van der Waals surface area contributed by atoms with Gasteiger partial charge in [-0.1, -0.05) is 23.7 Å². The largest absolute Gasteiger partial charge is 0.372 e. The predicted octanol–water partition coefficient (Wildman–Crippen LogP) is 3.66. The zero-order valence-corrected chi connectivity index (χ0v) is 18.3. The van der Waals surface area contributed by atoms with Crippen LogP contribution in [0.1, 0.15) is 35.2 Å². The van der Waals surface area contributed by atoms with E-state index in [1.807, 2.05) is 12.1 Å². The van der Waals surface area contributed by atoms with Crippen LogP contribution in [0.2, 0.25) is 5.02 Å². The molecule has 156 valence electrons. The number of carbonyl (C=O) groups is 1. The summed E-state index contributed by atoms with van der Waals surface area (Å²) in [6, 6.07) is 12.8. The summed E-state index contributed by atoms with van der Waals surface area (Å²) in [6.07, 6.45) is 4.88. The van der Waals surface area contributed by atoms with Gasteiger partial charge in [-0.25, -0.2) is 8.42 Å². The molecule has 2 aromatic rings. The lowest BCUT2D eigenvalue weighted by atomic mass is 10.1. The first-order valence-corrected chi connectivity index (χ1v) is 11.8. The highest BCUT2D eigenvalue weighted by atomic mass is 35.5. The van der Waals surface area contributed by atoms with E-state index in [0.717, 1.165) is 29.2 Å². The Bertz CT molecular complexity index is 971. The quantitative estimate of drug-likeness (QED) is 0.751. The van der Waals surface area contributed by atoms with E-state index in [4.69, 9.17) is 11.6 Å². The highest BCUT2D eigenvalue weighted by Crippen LogP contribution is 2.25. The summed E-state index contributed by atoms with van der Waals surface area (Å²) < 4.78 is 24.4. The van der Waals surface area contributed by atoms with Gasteiger partial charge in [0.1, 0.15) is 0 Å². The Morgan fingerprint density at radius 2 is 1.76 bits per heavy atom. The van der Waals surface area contributed by atoms with Gasteiger partial charge >= 0.3 is 0 Å². The number of halogens is 1. The van der Waals surface area contributed by atoms with Crippen molar-refractivity contribution in [3.05, 3.63) is 58.6 Å². The summed E-state index contributed by atoms with van der Waals surface area (Å²) in [4.78, 5) is 14.9. The number of nitrogens with zero attached hydrogens (tertiary/aromatic N) is 2. The van der Waals surface area contributed by atoms with E-state index in [9.17, 15) is 13.2 Å². The molecule has 29 heavy (non-hydrogen) atoms. The number of hydrogen-bond acceptors (Lipinski definition) is 4. The second kappa shape index (κ2) is 9.05. The van der Waals surface area contributed by atoms with E-state index >= 15 is 0 Å². The van der Waals surface area contributed by atoms with Crippen molar-refractivity contribution >= 4 is 38.9 Å². The van der Waals surface area contributed by atoms with Crippen LogP contribution in [0.4, 0.5) is 11.4 Å². The fourth-order valence-electron chi connectivity index (χ4n) is 3.33. The number of amides is 1. The molecule has 0 spiro atoms. The van der Waals surface area contributed by atoms with Crippen LogP contribution < -0.4 is 14.5 Å². The molecule has 0 radical (unpaired) electrons. The van der Waals surface area contributed by atoms with E-state index in [0.29, 0.717) is 17.8 Å². The SMILES string of the molecule is CN(c1ccc(C(=O)NCc2ccc(N3CCCCC3)cc2)c(Cl)c1)S(C)(=O)=O. The van der Waals surface area contributed by atoms with Gasteiger partial charge in [0.05, 0.1) is 22.5 Å². The third kappa shape index (κ3) is 5.42. The molecule has 2 aromatic carbocycles. The normalized spacial score (nSPS) is 14.5. The van der Waals surface area contributed by atoms with Gasteiger partial charge in [0.2, 0.25) is 10.0 Å². The van der Waals surface area contributed by atoms with Gasteiger partial charge in [-0.2, -0.15) is 0 Å². The Labute approximate surface area is 177 Å². The molecule has 0 atom stereocenters. The van der Waals surface area contributed by atoms with Crippen LogP contribution in [0, 0.1) is 0 Å². The van der Waals surface area contributed by atoms with Gasteiger partial charge in [0, 0.05) is 32.4 Å². The molecule has 1 saturated heterocycles. The van der Waals surface area contributed by atoms with Crippen LogP contribution in [0.3, 0.4) is 0 Å². The lowest BCUT2D eigenvalue weighted by Gasteiger charge is -2.28. The van der Waals surface area contributed by atoms with Gasteiger partial charge in [0.15, 0.2) is 0 Å². The smallest absolute Gasteiger partial charge is 0.253 e. The number of piperidine rings is 1. The Kier molecular flexibility index (Phi) is 6.70. The number of nitrogens with one attached hydrogen (secondary N) is 1. The van der Waals surface area contributed by atoms with Gasteiger partial charge in [-0.3, -0.25) is 9.10 Å². The van der Waals surface area contributed by atoms with Crippen LogP contribution >= 0.6 is 11.6 Å². The number of sulfonamides is 1. The molecule has 1 N–H and O–H groups in total. The zero-order valence-electron chi connectivity index (χ0n) is 16.7. The molecule has 0 aliphatic carbocycles. The fraction of sp³-hybridized carbons (Fsp3) is 0.381. The third-order valence-electron chi connectivity index (χ3n) is 5.17. The molecule has 1 aliphatic rings. The maximum Gasteiger partial charge on any atom is 0.253 e. The maximum atomic E-state index is 12.5. The highest BCUT2D eigenvalue weighted by molar-refractivity contribution is 7.92. The summed E-state index contributed by atoms with van der Waals surface area (Å²) in [5, 5.41) is 3.07. The number of rotatable bonds is 6. The highest BCUT2D eigenvalue weighted by Gasteiger charge is 2.16. The average molecular weight is 436 g/mol. The molecule has 8 heteroatoms. The van der Waals surface area contributed by atoms with Crippen molar-refractivity contribution in [2.24, 2.45) is 0 Å². The van der Waals surface area contributed by atoms with Crippen LogP contribution in [0.15, 0.2) is 42.5 Å². The molecular formula is C21H26ClN3O3S. The summed E-state index contributed by atoms with van der Waals surface area (Å²) in [6.45, 7) is 2.58. The topological polar surface area (TPSA) is 69.7 Å². The number of carbonyl (C=O) groups excluding carboxylic acids is 1. The molecule has 3 rings (SSSR count). The van der Waals surface area contributed by atoms with E-state index in [2.05, 4.69) is 22.3 Å². The van der Waals surface area contributed by atoms with E-state index in [-0.39, 0.29) is 10.9 Å². The monoisotopic (exact) mass is 435 g/mol. The number of hydrogen-bond donors (Lipinski definition) is 1. The first-order valence-electron chi connectivity index (χ1n) is 9.61. The standard InChI is InChI=1S/C21H26ClN3O3S/c1-24(29(2,27)28)18-10-11-19(20(22)14-18)21(26)23-15-16-6-8-17(9-7-16)25-12-4-3-5-13-25/h6-11,14H,3-5,12-13,15H2,1-2H3,(H,23,26). The van der Waals surface area contributed by atoms with Crippen LogP contribution in [0.25, 0.3) is 0 Å². The van der Waals surface area contributed by atoms with Crippen molar-refractivity contribution in [2.75, 3.05) is 35.6 Å². The minimum atomic E-state index is -3.39. The Balaban J connectivity index is 1.62. The number of anilines is 2. The van der Waals surface area contributed by atoms with Gasteiger partial charge in [0.25, 0.3) is 5.91 Å². The summed E-state index contributed by atoms with van der Waals surface area (Å²) in [5.74, 6) is -0.302. The Morgan fingerprint density at radius 3 is 2.34 bits per heavy atom. The summed E-state index contributed by atoms with van der Waals surface area (Å²) in [5.41, 5.74) is 2.93. The maximum absolute atomic E-state index is 12.5. The molecule has 1 aliphatic heterocycles. The summed E-state index contributed by atoms with van der Waals surface area (Å²) in [7, 11) is -1.95. The molecule has 0 aromatic heterocycles. The van der Waals surface area contributed by atoms with Crippen LogP contribution in [-0.2, 0) is 16.6 Å². The van der Waals surface area contributed by atoms with E-state index in [1.165, 1.54) is 44.1 Å². The van der Waals surface area contributed by atoms with Gasteiger partial charge < -0.3 is 10.2 Å². The Hall–Kier alpha value is -2.25. The van der Waals surface area contributed by atoms with Crippen molar-refractivity contribution in [3.63, 3.8) is 0 Å². The number of benzene rings is 2. The first kappa shape index (κ1) is 21.5. The third-order valence-corrected chi connectivity index (χ3v) is 6.69. The zero-order chi connectivity index (χ0) is 21.0. The molecule has 0 unspecified atom stereocenters. The lowest BCUT2D eigenvalue weighted by Crippen LogP contribution is -2.29. The molecule has 1 heterocycles. The second-order valence-corrected chi connectivity index (χ2v) is 9.71. The minimum absolute atomic E-state index is 0.205. The van der Waals surface area contributed by atoms with Crippen LogP contribution in [0.5, 0.6) is 0 Å². The molecule has 1 fully saturated rings.